The summed E-state index contributed by atoms with van der Waals surface area (Å²) in [4.78, 5) is 36.6. The highest BCUT2D eigenvalue weighted by atomic mass is 32.1. The fourth-order valence-electron chi connectivity index (χ4n) is 3.94. The van der Waals surface area contributed by atoms with Crippen molar-refractivity contribution in [2.24, 2.45) is 5.92 Å². The van der Waals surface area contributed by atoms with Crippen molar-refractivity contribution < 1.29 is 4.79 Å². The first-order valence-corrected chi connectivity index (χ1v) is 11.3. The largest absolute Gasteiger partial charge is 0.378 e. The Morgan fingerprint density at radius 1 is 1.30 bits per heavy atom. The van der Waals surface area contributed by atoms with E-state index < -0.39 is 0 Å². The van der Waals surface area contributed by atoms with Gasteiger partial charge in [0.1, 0.15) is 10.7 Å². The van der Waals surface area contributed by atoms with Crippen LogP contribution in [-0.4, -0.2) is 30.0 Å². The summed E-state index contributed by atoms with van der Waals surface area (Å²) in [6, 6.07) is 8.10. The molecule has 4 rings (SSSR count). The summed E-state index contributed by atoms with van der Waals surface area (Å²) in [7, 11) is 4.00. The average molecular weight is 425 g/mol. The average Bonchev–Trinajstić information content (AvgIpc) is 3.08. The molecule has 1 aliphatic rings. The summed E-state index contributed by atoms with van der Waals surface area (Å²) in [6.07, 6.45) is 3.83. The molecule has 0 bridgehead atoms. The summed E-state index contributed by atoms with van der Waals surface area (Å²) in [5.41, 5.74) is 3.30. The summed E-state index contributed by atoms with van der Waals surface area (Å²) in [5, 5.41) is 3.70. The van der Waals surface area contributed by atoms with Crippen LogP contribution in [0.2, 0.25) is 0 Å². The number of aromatic amines is 1. The van der Waals surface area contributed by atoms with Gasteiger partial charge in [0.2, 0.25) is 5.91 Å². The van der Waals surface area contributed by atoms with Crippen molar-refractivity contribution in [2.45, 2.75) is 45.6 Å². The molecule has 3 aromatic rings. The zero-order valence-corrected chi connectivity index (χ0v) is 18.6. The van der Waals surface area contributed by atoms with Gasteiger partial charge in [-0.15, -0.1) is 11.3 Å². The molecule has 6 nitrogen and oxygen atoms in total. The topological polar surface area (TPSA) is 78.1 Å². The zero-order valence-electron chi connectivity index (χ0n) is 17.7. The second-order valence-electron chi connectivity index (χ2n) is 8.38. The van der Waals surface area contributed by atoms with E-state index in [4.69, 9.17) is 0 Å². The number of carbonyl (C=O) groups is 1. The molecule has 0 saturated heterocycles. The Balaban J connectivity index is 1.37. The minimum atomic E-state index is -0.0663. The third-order valence-electron chi connectivity index (χ3n) is 5.75. The first kappa shape index (κ1) is 20.6. The van der Waals surface area contributed by atoms with E-state index in [0.29, 0.717) is 31.1 Å². The highest BCUT2D eigenvalue weighted by Gasteiger charge is 2.23. The van der Waals surface area contributed by atoms with Crippen molar-refractivity contribution in [1.82, 2.24) is 15.3 Å². The Bertz CT molecular complexity index is 1110. The molecule has 30 heavy (non-hydrogen) atoms. The third-order valence-corrected chi connectivity index (χ3v) is 6.89. The molecule has 2 heterocycles. The van der Waals surface area contributed by atoms with Crippen molar-refractivity contribution in [3.63, 3.8) is 0 Å². The molecule has 2 N–H and O–H groups in total. The van der Waals surface area contributed by atoms with E-state index in [-0.39, 0.29) is 11.5 Å². The van der Waals surface area contributed by atoms with Crippen LogP contribution in [0.4, 0.5) is 5.69 Å². The monoisotopic (exact) mass is 424 g/mol. The van der Waals surface area contributed by atoms with Gasteiger partial charge >= 0.3 is 0 Å². The van der Waals surface area contributed by atoms with Gasteiger partial charge in [-0.25, -0.2) is 4.98 Å². The first-order valence-electron chi connectivity index (χ1n) is 10.5. The lowest BCUT2D eigenvalue weighted by atomic mass is 9.89. The van der Waals surface area contributed by atoms with Crippen LogP contribution in [0.5, 0.6) is 0 Å². The number of fused-ring (bicyclic) bond motifs is 3. The number of anilines is 1. The predicted molar refractivity (Wildman–Crippen MR) is 122 cm³/mol. The quantitative estimate of drug-likeness (QED) is 0.636. The highest BCUT2D eigenvalue weighted by Crippen LogP contribution is 2.35. The summed E-state index contributed by atoms with van der Waals surface area (Å²) in [5.74, 6) is 1.20. The molecule has 0 saturated carbocycles. The maximum Gasteiger partial charge on any atom is 0.259 e. The van der Waals surface area contributed by atoms with Crippen molar-refractivity contribution >= 4 is 33.1 Å². The number of nitrogens with one attached hydrogen (secondary N) is 2. The Labute approximate surface area is 180 Å². The van der Waals surface area contributed by atoms with Gasteiger partial charge in [0.25, 0.3) is 5.56 Å². The number of benzene rings is 1. The van der Waals surface area contributed by atoms with Gasteiger partial charge in [0.15, 0.2) is 0 Å². The summed E-state index contributed by atoms with van der Waals surface area (Å²) >= 11 is 1.64. The highest BCUT2D eigenvalue weighted by molar-refractivity contribution is 7.18. The molecule has 0 spiro atoms. The standard InChI is InChI=1S/C23H28N4O2S/c1-14-4-9-17-18(12-14)30-23-21(17)22(29)25-19(26-23)10-11-20(28)24-13-15-5-7-16(8-6-15)27(2)3/h5-8,14H,4,9-13H2,1-3H3,(H,24,28)(H,25,26,29)/t14-/m1/s1. The fourth-order valence-corrected chi connectivity index (χ4v) is 5.35. The number of nitrogens with zero attached hydrogens (tertiary/aromatic N) is 2. The number of aromatic nitrogens is 2. The Kier molecular flexibility index (Phi) is 5.90. The number of hydrogen-bond donors (Lipinski definition) is 2. The maximum absolute atomic E-state index is 12.7. The second kappa shape index (κ2) is 8.60. The SMILES string of the molecule is C[C@@H]1CCc2c(sc3nc(CCC(=O)NCc4ccc(N(C)C)cc4)[nH]c(=O)c23)C1. The van der Waals surface area contributed by atoms with E-state index >= 15 is 0 Å². The minimum Gasteiger partial charge on any atom is -0.378 e. The molecule has 1 aromatic carbocycles. The van der Waals surface area contributed by atoms with E-state index in [1.165, 1.54) is 10.4 Å². The normalized spacial score (nSPS) is 15.8. The van der Waals surface area contributed by atoms with Crippen LogP contribution in [0, 0.1) is 5.92 Å². The van der Waals surface area contributed by atoms with Crippen molar-refractivity contribution in [3.05, 3.63) is 56.4 Å². The van der Waals surface area contributed by atoms with Crippen LogP contribution in [0.25, 0.3) is 10.2 Å². The smallest absolute Gasteiger partial charge is 0.259 e. The first-order chi connectivity index (χ1) is 14.4. The lowest BCUT2D eigenvalue weighted by molar-refractivity contribution is -0.121. The molecular weight excluding hydrogens is 396 g/mol. The lowest BCUT2D eigenvalue weighted by Gasteiger charge is -2.17. The molecule has 0 aliphatic heterocycles. The molecule has 0 fully saturated rings. The number of thiophene rings is 1. The van der Waals surface area contributed by atoms with Crippen LogP contribution >= 0.6 is 11.3 Å². The number of hydrogen-bond acceptors (Lipinski definition) is 5. The van der Waals surface area contributed by atoms with Gasteiger partial charge in [-0.3, -0.25) is 9.59 Å². The number of amides is 1. The number of aryl methyl sites for hydroxylation is 2. The van der Waals surface area contributed by atoms with E-state index in [0.717, 1.165) is 40.7 Å². The molecule has 0 unspecified atom stereocenters. The number of rotatable bonds is 6. The third kappa shape index (κ3) is 4.41. The van der Waals surface area contributed by atoms with Crippen LogP contribution in [0.1, 0.15) is 41.6 Å². The Morgan fingerprint density at radius 2 is 2.07 bits per heavy atom. The summed E-state index contributed by atoms with van der Waals surface area (Å²) in [6.45, 7) is 2.75. The van der Waals surface area contributed by atoms with Crippen molar-refractivity contribution in [2.75, 3.05) is 19.0 Å². The van der Waals surface area contributed by atoms with Gasteiger partial charge in [0.05, 0.1) is 5.39 Å². The second-order valence-corrected chi connectivity index (χ2v) is 9.47. The molecule has 1 amide bonds. The Hall–Kier alpha value is -2.67. The van der Waals surface area contributed by atoms with Gasteiger partial charge in [0, 0.05) is 44.0 Å². The molecular formula is C23H28N4O2S. The van der Waals surface area contributed by atoms with Crippen LogP contribution in [0.15, 0.2) is 29.1 Å². The van der Waals surface area contributed by atoms with Gasteiger partial charge < -0.3 is 15.2 Å². The number of H-pyrrole nitrogens is 1. The number of carbonyl (C=O) groups excluding carboxylic acids is 1. The zero-order chi connectivity index (χ0) is 21.3. The lowest BCUT2D eigenvalue weighted by Crippen LogP contribution is -2.24. The molecule has 158 valence electrons. The van der Waals surface area contributed by atoms with E-state index in [9.17, 15) is 9.59 Å². The van der Waals surface area contributed by atoms with Crippen molar-refractivity contribution in [1.29, 1.82) is 0 Å². The van der Waals surface area contributed by atoms with Gasteiger partial charge in [-0.2, -0.15) is 0 Å². The van der Waals surface area contributed by atoms with Gasteiger partial charge in [-0.1, -0.05) is 19.1 Å². The van der Waals surface area contributed by atoms with Crippen LogP contribution in [-0.2, 0) is 30.6 Å². The molecule has 0 radical (unpaired) electrons. The van der Waals surface area contributed by atoms with Crippen molar-refractivity contribution in [3.8, 4) is 0 Å². The van der Waals surface area contributed by atoms with Crippen LogP contribution in [0.3, 0.4) is 0 Å². The van der Waals surface area contributed by atoms with E-state index in [2.05, 4.69) is 22.2 Å². The Morgan fingerprint density at radius 3 is 2.80 bits per heavy atom. The van der Waals surface area contributed by atoms with Crippen LogP contribution < -0.4 is 15.8 Å². The molecule has 1 atom stereocenters. The van der Waals surface area contributed by atoms with E-state index in [1.807, 2.05) is 43.3 Å². The minimum absolute atomic E-state index is 0.0475. The summed E-state index contributed by atoms with van der Waals surface area (Å²) < 4.78 is 0. The fraction of sp³-hybridized carbons (Fsp3) is 0.435. The van der Waals surface area contributed by atoms with Gasteiger partial charge in [-0.05, 0) is 48.4 Å². The predicted octanol–water partition coefficient (Wildman–Crippen LogP) is 3.42. The molecule has 7 heteroatoms. The molecule has 2 aromatic heterocycles. The molecule has 1 aliphatic carbocycles. The maximum atomic E-state index is 12.7. The van der Waals surface area contributed by atoms with E-state index in [1.54, 1.807) is 11.3 Å².